The number of hydrogen-bond acceptors (Lipinski definition) is 5. The van der Waals surface area contributed by atoms with Crippen LogP contribution in [0.15, 0.2) is 34.9 Å². The Kier molecular flexibility index (Phi) is 5.40. The minimum atomic E-state index is -0.589. The summed E-state index contributed by atoms with van der Waals surface area (Å²) in [5.74, 6) is 0.550. The summed E-state index contributed by atoms with van der Waals surface area (Å²) in [5.41, 5.74) is 1.46. The van der Waals surface area contributed by atoms with E-state index in [-0.39, 0.29) is 18.1 Å². The van der Waals surface area contributed by atoms with Crippen LogP contribution in [0.5, 0.6) is 0 Å². The molecule has 1 aliphatic heterocycles. The number of aromatic nitrogens is 1. The molecule has 6 nitrogen and oxygen atoms in total. The average Bonchev–Trinajstić information content (AvgIpc) is 3.01. The van der Waals surface area contributed by atoms with E-state index in [1.807, 2.05) is 30.3 Å². The summed E-state index contributed by atoms with van der Waals surface area (Å²) >= 11 is 0. The van der Waals surface area contributed by atoms with Gasteiger partial charge in [0.15, 0.2) is 6.61 Å². The molecule has 1 aromatic heterocycles. The van der Waals surface area contributed by atoms with Crippen LogP contribution in [0.25, 0.3) is 11.3 Å². The molecular weight excluding hydrogens is 332 g/mol. The number of rotatable bonds is 4. The molecule has 0 N–H and O–H groups in total. The van der Waals surface area contributed by atoms with Gasteiger partial charge in [0, 0.05) is 18.7 Å². The first-order valence-electron chi connectivity index (χ1n) is 8.92. The van der Waals surface area contributed by atoms with Crippen LogP contribution >= 0.6 is 0 Å². The van der Waals surface area contributed by atoms with Crippen LogP contribution in [-0.4, -0.2) is 41.6 Å². The maximum absolute atomic E-state index is 12.5. The fourth-order valence-corrected chi connectivity index (χ4v) is 3.56. The maximum atomic E-state index is 12.5. The Bertz CT molecular complexity index is 774. The molecule has 0 radical (unpaired) electrons. The van der Waals surface area contributed by atoms with Crippen molar-refractivity contribution in [2.24, 2.45) is 11.8 Å². The molecule has 26 heavy (non-hydrogen) atoms. The van der Waals surface area contributed by atoms with Gasteiger partial charge in [0.05, 0.1) is 0 Å². The lowest BCUT2D eigenvalue weighted by molar-refractivity contribution is -0.137. The van der Waals surface area contributed by atoms with E-state index in [0.29, 0.717) is 36.4 Å². The number of carbonyl (C=O) groups is 2. The zero-order valence-electron chi connectivity index (χ0n) is 15.4. The highest BCUT2D eigenvalue weighted by Gasteiger charge is 2.28. The van der Waals surface area contributed by atoms with Gasteiger partial charge in [0.1, 0.15) is 17.0 Å². The Morgan fingerprint density at radius 1 is 1.19 bits per heavy atom. The SMILES string of the molecule is Cc1onc(-c2ccccc2)c1C(=O)OCC(=O)N1CC(C)CC(C)C1. The second-order valence-electron chi connectivity index (χ2n) is 7.15. The van der Waals surface area contributed by atoms with Gasteiger partial charge in [-0.3, -0.25) is 4.79 Å². The first kappa shape index (κ1) is 18.2. The standard InChI is InChI=1S/C20H24N2O4/c1-13-9-14(2)11-22(10-13)17(23)12-25-20(24)18-15(3)26-21-19(18)16-7-5-4-6-8-16/h4-8,13-14H,9-12H2,1-3H3. The molecule has 2 aromatic rings. The van der Waals surface area contributed by atoms with Crippen LogP contribution in [0, 0.1) is 18.8 Å². The van der Waals surface area contributed by atoms with Crippen LogP contribution in [0.2, 0.25) is 0 Å². The molecule has 1 aromatic carbocycles. The fraction of sp³-hybridized carbons (Fsp3) is 0.450. The van der Waals surface area contributed by atoms with Crippen LogP contribution in [0.3, 0.4) is 0 Å². The molecule has 2 unspecified atom stereocenters. The van der Waals surface area contributed by atoms with E-state index in [1.165, 1.54) is 0 Å². The van der Waals surface area contributed by atoms with Crippen LogP contribution < -0.4 is 0 Å². The third-order valence-electron chi connectivity index (χ3n) is 4.66. The van der Waals surface area contributed by atoms with Crippen LogP contribution in [-0.2, 0) is 9.53 Å². The van der Waals surface area contributed by atoms with Gasteiger partial charge in [-0.15, -0.1) is 0 Å². The number of esters is 1. The van der Waals surface area contributed by atoms with Gasteiger partial charge in [0.25, 0.3) is 5.91 Å². The minimum Gasteiger partial charge on any atom is -0.452 e. The molecule has 3 rings (SSSR count). The number of amides is 1. The summed E-state index contributed by atoms with van der Waals surface area (Å²) in [6.45, 7) is 7.08. The van der Waals surface area contributed by atoms with E-state index in [9.17, 15) is 9.59 Å². The zero-order valence-corrected chi connectivity index (χ0v) is 15.4. The van der Waals surface area contributed by atoms with Crippen molar-refractivity contribution in [1.29, 1.82) is 0 Å². The molecule has 2 heterocycles. The van der Waals surface area contributed by atoms with E-state index in [2.05, 4.69) is 19.0 Å². The maximum Gasteiger partial charge on any atom is 0.344 e. The summed E-state index contributed by atoms with van der Waals surface area (Å²) in [5, 5.41) is 3.97. The molecule has 0 bridgehead atoms. The van der Waals surface area contributed by atoms with Crippen molar-refractivity contribution in [3.05, 3.63) is 41.7 Å². The van der Waals surface area contributed by atoms with Gasteiger partial charge in [-0.2, -0.15) is 0 Å². The van der Waals surface area contributed by atoms with Gasteiger partial charge in [-0.05, 0) is 25.2 Å². The summed E-state index contributed by atoms with van der Waals surface area (Å²) in [6, 6.07) is 9.28. The smallest absolute Gasteiger partial charge is 0.344 e. The summed E-state index contributed by atoms with van der Waals surface area (Å²) in [6.07, 6.45) is 1.11. The van der Waals surface area contributed by atoms with E-state index >= 15 is 0 Å². The second kappa shape index (κ2) is 7.72. The number of nitrogens with zero attached hydrogens (tertiary/aromatic N) is 2. The van der Waals surface area contributed by atoms with E-state index in [1.54, 1.807) is 11.8 Å². The molecule has 0 spiro atoms. The summed E-state index contributed by atoms with van der Waals surface area (Å²) in [7, 11) is 0. The van der Waals surface area contributed by atoms with Crippen molar-refractivity contribution in [3.8, 4) is 11.3 Å². The number of aryl methyl sites for hydroxylation is 1. The molecule has 1 aliphatic rings. The van der Waals surface area contributed by atoms with Gasteiger partial charge in [-0.1, -0.05) is 49.3 Å². The van der Waals surface area contributed by atoms with Crippen LogP contribution in [0.1, 0.15) is 36.4 Å². The predicted molar refractivity (Wildman–Crippen MR) is 96.5 cm³/mol. The topological polar surface area (TPSA) is 72.6 Å². The van der Waals surface area contributed by atoms with Crippen molar-refractivity contribution in [2.45, 2.75) is 27.2 Å². The number of carbonyl (C=O) groups excluding carboxylic acids is 2. The molecule has 0 aliphatic carbocycles. The molecule has 1 fully saturated rings. The molecule has 2 atom stereocenters. The number of ether oxygens (including phenoxy) is 1. The average molecular weight is 356 g/mol. The Hall–Kier alpha value is -2.63. The van der Waals surface area contributed by atoms with Crippen LogP contribution in [0.4, 0.5) is 0 Å². The highest BCUT2D eigenvalue weighted by molar-refractivity contribution is 5.98. The first-order valence-corrected chi connectivity index (χ1v) is 8.92. The Morgan fingerprint density at radius 2 is 1.85 bits per heavy atom. The largest absolute Gasteiger partial charge is 0.452 e. The highest BCUT2D eigenvalue weighted by atomic mass is 16.5. The monoisotopic (exact) mass is 356 g/mol. The molecule has 0 saturated carbocycles. The zero-order chi connectivity index (χ0) is 18.7. The number of likely N-dealkylation sites (tertiary alicyclic amines) is 1. The second-order valence-corrected chi connectivity index (χ2v) is 7.15. The Morgan fingerprint density at radius 3 is 2.50 bits per heavy atom. The molecule has 1 saturated heterocycles. The quantitative estimate of drug-likeness (QED) is 0.786. The van der Waals surface area contributed by atoms with E-state index in [4.69, 9.17) is 9.26 Å². The lowest BCUT2D eigenvalue weighted by Gasteiger charge is -2.34. The molecular formula is C20H24N2O4. The van der Waals surface area contributed by atoms with Gasteiger partial charge < -0.3 is 14.2 Å². The van der Waals surface area contributed by atoms with Gasteiger partial charge in [0.2, 0.25) is 0 Å². The van der Waals surface area contributed by atoms with Crippen molar-refractivity contribution < 1.29 is 18.8 Å². The Balaban J connectivity index is 1.68. The fourth-order valence-electron chi connectivity index (χ4n) is 3.56. The highest BCUT2D eigenvalue weighted by Crippen LogP contribution is 2.26. The summed E-state index contributed by atoms with van der Waals surface area (Å²) < 4.78 is 10.5. The van der Waals surface area contributed by atoms with Crippen molar-refractivity contribution in [2.75, 3.05) is 19.7 Å². The van der Waals surface area contributed by atoms with Crippen molar-refractivity contribution in [1.82, 2.24) is 10.1 Å². The molecule has 1 amide bonds. The van der Waals surface area contributed by atoms with Gasteiger partial charge in [-0.25, -0.2) is 4.79 Å². The Labute approximate surface area is 153 Å². The normalized spacial score (nSPS) is 20.0. The van der Waals surface area contributed by atoms with Gasteiger partial charge >= 0.3 is 5.97 Å². The molecule has 138 valence electrons. The van der Waals surface area contributed by atoms with Crippen molar-refractivity contribution >= 4 is 11.9 Å². The number of piperidine rings is 1. The minimum absolute atomic E-state index is 0.160. The number of hydrogen-bond donors (Lipinski definition) is 0. The van der Waals surface area contributed by atoms with E-state index in [0.717, 1.165) is 12.0 Å². The lowest BCUT2D eigenvalue weighted by atomic mass is 9.92. The third kappa shape index (κ3) is 3.95. The summed E-state index contributed by atoms with van der Waals surface area (Å²) in [4.78, 5) is 26.7. The molecule has 6 heteroatoms. The van der Waals surface area contributed by atoms with Crippen molar-refractivity contribution in [3.63, 3.8) is 0 Å². The van der Waals surface area contributed by atoms with E-state index < -0.39 is 5.97 Å². The predicted octanol–water partition coefficient (Wildman–Crippen LogP) is 3.31. The first-order chi connectivity index (χ1) is 12.5. The third-order valence-corrected chi connectivity index (χ3v) is 4.66. The number of benzene rings is 1. The lowest BCUT2D eigenvalue weighted by Crippen LogP contribution is -2.44.